The third kappa shape index (κ3) is 20.5. The number of rotatable bonds is 13. The van der Waals surface area contributed by atoms with Gasteiger partial charge in [-0.15, -0.1) is 0 Å². The normalized spacial score (nSPS) is 17.8. The first-order chi connectivity index (χ1) is 67.6. The van der Waals surface area contributed by atoms with Gasteiger partial charge in [0.25, 0.3) is 0 Å². The van der Waals surface area contributed by atoms with Gasteiger partial charge in [-0.05, 0) is 374 Å². The van der Waals surface area contributed by atoms with Crippen LogP contribution < -0.4 is 0 Å². The van der Waals surface area contributed by atoms with Crippen molar-refractivity contribution < 1.29 is 22.0 Å². The van der Waals surface area contributed by atoms with Crippen molar-refractivity contribution in [2.45, 2.75) is 172 Å². The van der Waals surface area contributed by atoms with Crippen LogP contribution in [0.25, 0.3) is 113 Å². The standard InChI is InChI=1S/C28H27FN2.C24H26Cl2N2.C24H26F2N2.C23H24Cl2N2.C23H24F2N2/c1-19-9-14-26-25(17-19)24-15-16-30(3)27(22-7-5-4-6-8-22)28(24)31(26)18-20(2)21-10-12-23(29)13-11-21;2*1-5-22-24-18(10-11-27(22)4)19-12-15(2)6-9-23(19)28(24)14-16(3)17-7-8-20(25)21(26)13-17;1-14-5-8-22-20(11-14)19-9-10-26(4)16(3)23(19)27(22)13-15(2)18-7-6-17(24)12-21(18)25;1-14-5-8-22-19(11-14)18-9-10-26(4)16(3)23(18)27(22)13-15(2)17-6-7-20(24)21(25)12-17/h4-14,17-18,27H,15-16H2,1-3H3;2*6-9,12-14,22H,5,10-11H2,1-4H3;2*5-8,11-13,16H,9-10H2,1-4H3/b20-18+;2*16-14+;15-13+;15-13-. The van der Waals surface area contributed by atoms with Crippen LogP contribution in [0.5, 0.6) is 0 Å². The fourth-order valence-corrected chi connectivity index (χ4v) is 22.8. The Labute approximate surface area is 848 Å². The van der Waals surface area contributed by atoms with Gasteiger partial charge < -0.3 is 22.8 Å². The SMILES string of the molecule is C/C(=C/n1c2c(c3cc(C)ccc31)CCN(C)C2C)c1ccc(F)c(F)c1.C/C(=C\n1c2c(c3cc(C)ccc31)CCN(C)C2C)c1ccc(Cl)cc1Cl.C/C(=C\n1c2c(c3cc(C)ccc31)CCN(C)C2c1ccccc1)c1ccc(F)cc1.CCC1c2c(c3cc(C)ccc3n2/C=C(\C)c2ccc(Cl)c(Cl)c2)CCN1C.CCC1c2c(c3cc(C)ccc3n2/C=C(\C)c2ccc(F)c(F)c2)CCN1C. The van der Waals surface area contributed by atoms with Crippen LogP contribution in [0.4, 0.5) is 22.0 Å². The van der Waals surface area contributed by atoms with E-state index in [1.165, 1.54) is 181 Å². The molecule has 0 fully saturated rings. The fraction of sp³-hybridized carbons (Fsp3) is 0.295. The topological polar surface area (TPSA) is 40.9 Å². The highest BCUT2D eigenvalue weighted by atomic mass is 35.5. The lowest BCUT2D eigenvalue weighted by molar-refractivity contribution is 0.220. The predicted molar refractivity (Wildman–Crippen MR) is 587 cm³/mol. The van der Waals surface area contributed by atoms with E-state index in [9.17, 15) is 22.0 Å². The van der Waals surface area contributed by atoms with E-state index in [2.05, 4.69) is 318 Å². The van der Waals surface area contributed by atoms with E-state index in [1.807, 2.05) is 56.3 Å². The summed E-state index contributed by atoms with van der Waals surface area (Å²) in [5.74, 6) is -3.47. The summed E-state index contributed by atoms with van der Waals surface area (Å²) in [6, 6.07) is 72.2. The molecule has 0 aliphatic carbocycles. The molecule has 5 unspecified atom stereocenters. The summed E-state index contributed by atoms with van der Waals surface area (Å²) in [7, 11) is 11.0. The third-order valence-electron chi connectivity index (χ3n) is 29.9. The quantitative estimate of drug-likeness (QED) is 0.108. The zero-order chi connectivity index (χ0) is 100. The zero-order valence-electron chi connectivity index (χ0n) is 84.4. The smallest absolute Gasteiger partial charge is 0.159 e. The Morgan fingerprint density at radius 2 is 0.631 bits per heavy atom. The number of likely N-dealkylation sites (N-methyl/N-ethyl adjacent to an activating group) is 5. The summed E-state index contributed by atoms with van der Waals surface area (Å²) in [5.41, 5.74) is 37.5. The van der Waals surface area contributed by atoms with Crippen LogP contribution >= 0.6 is 46.4 Å². The van der Waals surface area contributed by atoms with Crippen molar-refractivity contribution >= 4 is 160 Å². The highest BCUT2D eigenvalue weighted by Crippen LogP contribution is 2.47. The van der Waals surface area contributed by atoms with E-state index in [4.69, 9.17) is 46.4 Å². The van der Waals surface area contributed by atoms with Gasteiger partial charge in [-0.1, -0.05) is 185 Å². The molecule has 10 nitrogen and oxygen atoms in total. The van der Waals surface area contributed by atoms with Gasteiger partial charge in [0.1, 0.15) is 5.82 Å². The number of aromatic nitrogens is 5. The highest BCUT2D eigenvalue weighted by Gasteiger charge is 2.36. The number of benzene rings is 11. The van der Waals surface area contributed by atoms with Gasteiger partial charge in [0.15, 0.2) is 23.3 Å². The summed E-state index contributed by atoms with van der Waals surface area (Å²) in [5, 5.41) is 9.21. The Hall–Kier alpha value is -11.6. The minimum Gasteiger partial charge on any atom is -0.318 e. The van der Waals surface area contributed by atoms with E-state index >= 15 is 0 Å². The van der Waals surface area contributed by atoms with Crippen molar-refractivity contribution in [1.82, 2.24) is 47.3 Å². The first-order valence-corrected chi connectivity index (χ1v) is 50.8. The molecule has 10 heterocycles. The molecular weight excluding hydrogens is 1840 g/mol. The van der Waals surface area contributed by atoms with E-state index < -0.39 is 23.3 Å². The maximum Gasteiger partial charge on any atom is 0.159 e. The molecule has 0 radical (unpaired) electrons. The maximum atomic E-state index is 13.7. The van der Waals surface area contributed by atoms with Crippen LogP contribution in [0.2, 0.25) is 20.1 Å². The van der Waals surface area contributed by atoms with Crippen molar-refractivity contribution in [2.24, 2.45) is 0 Å². The van der Waals surface area contributed by atoms with Crippen molar-refractivity contribution in [3.8, 4) is 0 Å². The first-order valence-electron chi connectivity index (χ1n) is 49.3. The minimum atomic E-state index is -0.818. The predicted octanol–water partition coefficient (Wildman–Crippen LogP) is 32.7. The molecule has 19 heteroatoms. The molecule has 11 aromatic carbocycles. The van der Waals surface area contributed by atoms with Crippen LogP contribution in [0.1, 0.15) is 223 Å². The van der Waals surface area contributed by atoms with Gasteiger partial charge in [0.05, 0.1) is 55.8 Å². The number of hydrogen-bond acceptors (Lipinski definition) is 5. The molecule has 21 rings (SSSR count). The van der Waals surface area contributed by atoms with E-state index in [0.29, 0.717) is 49.3 Å². The maximum absolute atomic E-state index is 13.7. The number of nitrogens with zero attached hydrogens (tertiary/aromatic N) is 10. The molecule has 0 saturated heterocycles. The molecular formula is C122H127Cl4F5N10. The molecule has 5 aromatic heterocycles. The molecule has 16 aromatic rings. The van der Waals surface area contributed by atoms with E-state index in [-0.39, 0.29) is 17.9 Å². The molecule has 0 amide bonds. The number of halogens is 9. The van der Waals surface area contributed by atoms with Crippen molar-refractivity contribution in [1.29, 1.82) is 0 Å². The lowest BCUT2D eigenvalue weighted by atomic mass is 9.92. The summed E-state index contributed by atoms with van der Waals surface area (Å²) in [6.07, 6.45) is 18.2. The average molecular weight is 1970 g/mol. The second kappa shape index (κ2) is 42.5. The second-order valence-electron chi connectivity index (χ2n) is 39.5. The second-order valence-corrected chi connectivity index (χ2v) is 41.2. The zero-order valence-corrected chi connectivity index (χ0v) is 87.4. The molecule has 0 bridgehead atoms. The van der Waals surface area contributed by atoms with Gasteiger partial charge in [-0.25, -0.2) is 22.0 Å². The molecule has 0 saturated carbocycles. The van der Waals surface area contributed by atoms with Gasteiger partial charge >= 0.3 is 0 Å². The Morgan fingerprint density at radius 3 is 1.01 bits per heavy atom. The van der Waals surface area contributed by atoms with E-state index in [1.54, 1.807) is 18.2 Å². The van der Waals surface area contributed by atoms with Crippen LogP contribution in [0, 0.1) is 63.7 Å². The van der Waals surface area contributed by atoms with Crippen molar-refractivity contribution in [3.63, 3.8) is 0 Å². The van der Waals surface area contributed by atoms with Crippen LogP contribution in [-0.4, -0.2) is 115 Å². The van der Waals surface area contributed by atoms with Crippen LogP contribution in [-0.2, 0) is 32.1 Å². The highest BCUT2D eigenvalue weighted by molar-refractivity contribution is 6.42. The first kappa shape index (κ1) is 101. The number of fused-ring (bicyclic) bond motifs is 15. The van der Waals surface area contributed by atoms with Gasteiger partial charge in [0.2, 0.25) is 0 Å². The number of aryl methyl sites for hydroxylation is 5. The molecule has 0 N–H and O–H groups in total. The lowest BCUT2D eigenvalue weighted by Crippen LogP contribution is -2.33. The van der Waals surface area contributed by atoms with Gasteiger partial charge in [0, 0.05) is 141 Å². The number of hydrogen-bond donors (Lipinski definition) is 0. The van der Waals surface area contributed by atoms with E-state index in [0.717, 1.165) is 122 Å². The van der Waals surface area contributed by atoms with Crippen LogP contribution in [0.15, 0.2) is 218 Å². The Kier molecular flexibility index (Phi) is 30.4. The Balaban J connectivity index is 0.000000122. The van der Waals surface area contributed by atoms with Crippen LogP contribution in [0.3, 0.4) is 0 Å². The largest absolute Gasteiger partial charge is 0.318 e. The summed E-state index contributed by atoms with van der Waals surface area (Å²) < 4.78 is 79.2. The molecule has 728 valence electrons. The summed E-state index contributed by atoms with van der Waals surface area (Å²) >= 11 is 24.9. The molecule has 141 heavy (non-hydrogen) atoms. The van der Waals surface area contributed by atoms with Gasteiger partial charge in [-0.2, -0.15) is 0 Å². The number of allylic oxidation sites excluding steroid dienone is 5. The minimum absolute atomic E-state index is 0.190. The van der Waals surface area contributed by atoms with Crippen molar-refractivity contribution in [2.75, 3.05) is 68.0 Å². The average Bonchev–Trinajstić information content (AvgIpc) is 1.60. The fourth-order valence-electron chi connectivity index (χ4n) is 22.0. The summed E-state index contributed by atoms with van der Waals surface area (Å²) in [6.45, 7) is 35.3. The molecule has 5 atom stereocenters. The Morgan fingerprint density at radius 1 is 0.305 bits per heavy atom. The molecule has 5 aliphatic rings. The van der Waals surface area contributed by atoms with Gasteiger partial charge in [-0.3, -0.25) is 24.5 Å². The third-order valence-corrected chi connectivity index (χ3v) is 31.2. The lowest BCUT2D eigenvalue weighted by Gasteiger charge is -2.34. The monoisotopic (exact) mass is 1970 g/mol. The molecule has 0 spiro atoms. The molecule has 5 aliphatic heterocycles. The van der Waals surface area contributed by atoms with Crippen molar-refractivity contribution in [3.05, 3.63) is 385 Å². The Bertz CT molecular complexity index is 7450. The summed E-state index contributed by atoms with van der Waals surface area (Å²) in [4.78, 5) is 12.1.